The average molecular weight is 368 g/mol. The van der Waals surface area contributed by atoms with Gasteiger partial charge in [-0.3, -0.25) is 4.79 Å². The molecule has 2 aromatic rings. The maximum absolute atomic E-state index is 12.3. The van der Waals surface area contributed by atoms with Gasteiger partial charge in [0, 0.05) is 31.9 Å². The molecule has 1 amide bonds. The van der Waals surface area contributed by atoms with Gasteiger partial charge in [0.15, 0.2) is 6.61 Å². The lowest BCUT2D eigenvalue weighted by Crippen LogP contribution is -2.50. The van der Waals surface area contributed by atoms with Crippen LogP contribution >= 0.6 is 0 Å². The molecule has 1 heterocycles. The van der Waals surface area contributed by atoms with Gasteiger partial charge >= 0.3 is 5.97 Å². The van der Waals surface area contributed by atoms with Crippen LogP contribution in [0, 0.1) is 0 Å². The highest BCUT2D eigenvalue weighted by atomic mass is 16.5. The van der Waals surface area contributed by atoms with Crippen molar-refractivity contribution in [2.24, 2.45) is 0 Å². The standard InChI is InChI=1S/C21H24N2O4/c1-2-26-21(25)17-8-10-18(11-9-17)22-12-14-23(15-13-22)20(24)16-27-19-6-4-3-5-7-19/h3-11H,2,12-16H2,1H3. The van der Waals surface area contributed by atoms with E-state index in [-0.39, 0.29) is 18.5 Å². The molecule has 6 nitrogen and oxygen atoms in total. The van der Waals surface area contributed by atoms with Crippen LogP contribution in [-0.4, -0.2) is 56.2 Å². The highest BCUT2D eigenvalue weighted by Gasteiger charge is 2.21. The van der Waals surface area contributed by atoms with E-state index < -0.39 is 0 Å². The van der Waals surface area contributed by atoms with Gasteiger partial charge in [-0.2, -0.15) is 0 Å². The van der Waals surface area contributed by atoms with Crippen LogP contribution in [0.4, 0.5) is 5.69 Å². The molecule has 0 saturated carbocycles. The fraction of sp³-hybridized carbons (Fsp3) is 0.333. The lowest BCUT2D eigenvalue weighted by atomic mass is 10.2. The van der Waals surface area contributed by atoms with Gasteiger partial charge in [0.1, 0.15) is 5.75 Å². The summed E-state index contributed by atoms with van der Waals surface area (Å²) in [5.41, 5.74) is 1.59. The molecule has 3 rings (SSSR count). The van der Waals surface area contributed by atoms with Crippen molar-refractivity contribution in [3.63, 3.8) is 0 Å². The number of piperazine rings is 1. The second-order valence-corrected chi connectivity index (χ2v) is 6.24. The van der Waals surface area contributed by atoms with E-state index in [1.807, 2.05) is 47.4 Å². The smallest absolute Gasteiger partial charge is 0.338 e. The number of hydrogen-bond donors (Lipinski definition) is 0. The van der Waals surface area contributed by atoms with Crippen molar-refractivity contribution >= 4 is 17.6 Å². The predicted molar refractivity (Wildman–Crippen MR) is 103 cm³/mol. The van der Waals surface area contributed by atoms with E-state index in [0.717, 1.165) is 18.8 Å². The number of para-hydroxylation sites is 1. The van der Waals surface area contributed by atoms with Crippen LogP contribution in [0.5, 0.6) is 5.75 Å². The van der Waals surface area contributed by atoms with Crippen molar-refractivity contribution in [1.29, 1.82) is 0 Å². The summed E-state index contributed by atoms with van der Waals surface area (Å²) >= 11 is 0. The van der Waals surface area contributed by atoms with E-state index >= 15 is 0 Å². The lowest BCUT2D eigenvalue weighted by Gasteiger charge is -2.36. The maximum atomic E-state index is 12.3. The number of benzene rings is 2. The number of ether oxygens (including phenoxy) is 2. The molecule has 6 heteroatoms. The summed E-state index contributed by atoms with van der Waals surface area (Å²) in [6.07, 6.45) is 0. The number of hydrogen-bond acceptors (Lipinski definition) is 5. The first-order valence-electron chi connectivity index (χ1n) is 9.15. The zero-order valence-corrected chi connectivity index (χ0v) is 15.5. The molecule has 0 aromatic heterocycles. The van der Waals surface area contributed by atoms with Gasteiger partial charge in [-0.1, -0.05) is 18.2 Å². The number of carbonyl (C=O) groups is 2. The predicted octanol–water partition coefficient (Wildman–Crippen LogP) is 2.59. The van der Waals surface area contributed by atoms with Crippen molar-refractivity contribution in [2.75, 3.05) is 44.3 Å². The summed E-state index contributed by atoms with van der Waals surface area (Å²) in [5, 5.41) is 0. The summed E-state index contributed by atoms with van der Waals surface area (Å²) in [6.45, 7) is 5.00. The van der Waals surface area contributed by atoms with Crippen molar-refractivity contribution in [2.45, 2.75) is 6.92 Å². The van der Waals surface area contributed by atoms with Crippen LogP contribution in [-0.2, 0) is 9.53 Å². The Labute approximate surface area is 159 Å². The SMILES string of the molecule is CCOC(=O)c1ccc(N2CCN(C(=O)COc3ccccc3)CC2)cc1. The first-order valence-corrected chi connectivity index (χ1v) is 9.15. The van der Waals surface area contributed by atoms with Gasteiger partial charge in [0.2, 0.25) is 0 Å². The molecule has 1 aliphatic heterocycles. The fourth-order valence-corrected chi connectivity index (χ4v) is 2.99. The van der Waals surface area contributed by atoms with Crippen LogP contribution in [0.15, 0.2) is 54.6 Å². The molecule has 1 saturated heterocycles. The molecule has 0 unspecified atom stereocenters. The third-order valence-electron chi connectivity index (χ3n) is 4.48. The summed E-state index contributed by atoms with van der Waals surface area (Å²) in [4.78, 5) is 28.1. The van der Waals surface area contributed by atoms with Crippen LogP contribution in [0.1, 0.15) is 17.3 Å². The zero-order valence-electron chi connectivity index (χ0n) is 15.5. The molecular formula is C21H24N2O4. The summed E-state index contributed by atoms with van der Waals surface area (Å²) in [6, 6.07) is 16.7. The van der Waals surface area contributed by atoms with E-state index in [0.29, 0.717) is 31.0 Å². The number of anilines is 1. The third-order valence-corrected chi connectivity index (χ3v) is 4.48. The number of carbonyl (C=O) groups excluding carboxylic acids is 2. The van der Waals surface area contributed by atoms with Crippen molar-refractivity contribution in [3.05, 3.63) is 60.2 Å². The van der Waals surface area contributed by atoms with E-state index in [1.54, 1.807) is 19.1 Å². The van der Waals surface area contributed by atoms with E-state index in [1.165, 1.54) is 0 Å². The van der Waals surface area contributed by atoms with Crippen molar-refractivity contribution < 1.29 is 19.1 Å². The fourth-order valence-electron chi connectivity index (χ4n) is 2.99. The highest BCUT2D eigenvalue weighted by molar-refractivity contribution is 5.89. The van der Waals surface area contributed by atoms with Gasteiger partial charge in [-0.25, -0.2) is 4.79 Å². The molecule has 142 valence electrons. The molecule has 0 atom stereocenters. The topological polar surface area (TPSA) is 59.1 Å². The Morgan fingerprint density at radius 1 is 0.926 bits per heavy atom. The molecule has 0 spiro atoms. The molecule has 1 fully saturated rings. The maximum Gasteiger partial charge on any atom is 0.338 e. The minimum Gasteiger partial charge on any atom is -0.484 e. The molecule has 27 heavy (non-hydrogen) atoms. The highest BCUT2D eigenvalue weighted by Crippen LogP contribution is 2.18. The molecule has 1 aliphatic rings. The van der Waals surface area contributed by atoms with Gasteiger partial charge in [-0.15, -0.1) is 0 Å². The van der Waals surface area contributed by atoms with E-state index in [2.05, 4.69) is 4.90 Å². The lowest BCUT2D eigenvalue weighted by molar-refractivity contribution is -0.133. The first kappa shape index (κ1) is 18.8. The normalized spacial score (nSPS) is 14.0. The number of nitrogens with zero attached hydrogens (tertiary/aromatic N) is 2. The Kier molecular flexibility index (Phi) is 6.30. The first-order chi connectivity index (χ1) is 13.2. The van der Waals surface area contributed by atoms with Crippen molar-refractivity contribution in [1.82, 2.24) is 4.90 Å². The van der Waals surface area contributed by atoms with Crippen molar-refractivity contribution in [3.8, 4) is 5.75 Å². The number of esters is 1. The molecule has 0 N–H and O–H groups in total. The van der Waals surface area contributed by atoms with E-state index in [4.69, 9.17) is 9.47 Å². The summed E-state index contributed by atoms with van der Waals surface area (Å²) < 4.78 is 10.5. The van der Waals surface area contributed by atoms with Crippen LogP contribution in [0.3, 0.4) is 0 Å². The summed E-state index contributed by atoms with van der Waals surface area (Å²) in [7, 11) is 0. The van der Waals surface area contributed by atoms with Gasteiger partial charge in [0.05, 0.1) is 12.2 Å². The molecule has 0 bridgehead atoms. The second-order valence-electron chi connectivity index (χ2n) is 6.24. The molecular weight excluding hydrogens is 344 g/mol. The average Bonchev–Trinajstić information content (AvgIpc) is 2.73. The quantitative estimate of drug-likeness (QED) is 0.734. The molecule has 0 aliphatic carbocycles. The van der Waals surface area contributed by atoms with Crippen LogP contribution in [0.25, 0.3) is 0 Å². The Morgan fingerprint density at radius 3 is 2.22 bits per heavy atom. The monoisotopic (exact) mass is 368 g/mol. The third kappa shape index (κ3) is 5.00. The Morgan fingerprint density at radius 2 is 1.59 bits per heavy atom. The Balaban J connectivity index is 1.48. The van der Waals surface area contributed by atoms with Gasteiger partial charge in [-0.05, 0) is 43.3 Å². The molecule has 0 radical (unpaired) electrons. The van der Waals surface area contributed by atoms with Gasteiger partial charge < -0.3 is 19.3 Å². The minimum absolute atomic E-state index is 0.00355. The minimum atomic E-state index is -0.308. The zero-order chi connectivity index (χ0) is 19.1. The van der Waals surface area contributed by atoms with E-state index in [9.17, 15) is 9.59 Å². The largest absolute Gasteiger partial charge is 0.484 e. The van der Waals surface area contributed by atoms with Crippen LogP contribution < -0.4 is 9.64 Å². The van der Waals surface area contributed by atoms with Crippen LogP contribution in [0.2, 0.25) is 0 Å². The summed E-state index contributed by atoms with van der Waals surface area (Å²) in [5.74, 6) is 0.389. The van der Waals surface area contributed by atoms with Gasteiger partial charge in [0.25, 0.3) is 5.91 Å². The number of amides is 1. The Bertz CT molecular complexity index is 754. The molecule has 2 aromatic carbocycles. The Hall–Kier alpha value is -3.02. The second kappa shape index (κ2) is 9.07. The number of rotatable bonds is 6.